The number of amides is 2. The Kier molecular flexibility index (Phi) is 5.80. The van der Waals surface area contributed by atoms with Crippen LogP contribution in [-0.4, -0.2) is 38.7 Å². The molecule has 2 aromatic carbocycles. The van der Waals surface area contributed by atoms with Gasteiger partial charge in [-0.1, -0.05) is 65.7 Å². The van der Waals surface area contributed by atoms with Crippen molar-refractivity contribution in [2.45, 2.75) is 63.7 Å². The van der Waals surface area contributed by atoms with Crippen LogP contribution < -0.4 is 15.0 Å². The number of ether oxygens (including phenoxy) is 1. The highest BCUT2D eigenvalue weighted by Gasteiger charge is 2.56. The van der Waals surface area contributed by atoms with Gasteiger partial charge in [0.25, 0.3) is 5.91 Å². The molecule has 3 aromatic rings. The van der Waals surface area contributed by atoms with E-state index in [1.165, 1.54) is 0 Å². The number of anilines is 1. The first kappa shape index (κ1) is 25.2. The summed E-state index contributed by atoms with van der Waals surface area (Å²) >= 11 is 0. The molecule has 192 valence electrons. The van der Waals surface area contributed by atoms with Gasteiger partial charge in [-0.25, -0.2) is 4.79 Å². The number of nitrogens with one attached hydrogen (secondary N) is 1. The minimum absolute atomic E-state index is 0.192. The number of hydrogen-bond donors (Lipinski definition) is 1. The lowest BCUT2D eigenvalue weighted by Crippen LogP contribution is -2.57. The molecule has 1 atom stereocenters. The zero-order valence-electron chi connectivity index (χ0n) is 22.9. The number of carbonyl (C=O) groups is 2. The van der Waals surface area contributed by atoms with Gasteiger partial charge in [-0.15, -0.1) is 5.54 Å². The lowest BCUT2D eigenvalue weighted by molar-refractivity contribution is -0.122. The summed E-state index contributed by atoms with van der Waals surface area (Å²) in [6, 6.07) is 13.0. The maximum Gasteiger partial charge on any atom is 0.328 e. The Balaban J connectivity index is 1.82. The highest BCUT2D eigenvalue weighted by molar-refractivity contribution is 6.90. The molecule has 7 heteroatoms. The maximum atomic E-state index is 13.9. The molecule has 0 aliphatic carbocycles. The molecule has 0 fully saturated rings. The van der Waals surface area contributed by atoms with Gasteiger partial charge in [0.05, 0.1) is 12.6 Å². The van der Waals surface area contributed by atoms with Crippen molar-refractivity contribution in [1.82, 2.24) is 9.88 Å². The van der Waals surface area contributed by atoms with Crippen molar-refractivity contribution in [1.29, 1.82) is 0 Å². The van der Waals surface area contributed by atoms with Crippen molar-refractivity contribution < 1.29 is 14.3 Å². The van der Waals surface area contributed by atoms with E-state index < -0.39 is 13.6 Å². The minimum Gasteiger partial charge on any atom is -0.497 e. The van der Waals surface area contributed by atoms with Crippen LogP contribution in [0.5, 0.6) is 5.75 Å². The van der Waals surface area contributed by atoms with E-state index >= 15 is 0 Å². The Morgan fingerprint density at radius 3 is 2.22 bits per heavy atom. The molecule has 0 saturated heterocycles. The number of hydrogen-bond acceptors (Lipinski definition) is 3. The van der Waals surface area contributed by atoms with Crippen molar-refractivity contribution in [3.63, 3.8) is 0 Å². The number of aromatic nitrogens is 1. The fourth-order valence-electron chi connectivity index (χ4n) is 6.86. The molecule has 2 aliphatic rings. The standard InChI is InChI=1S/C30H35N3O3Si/c1-18(2)37(19(3)4,20(5)6)14-13-22-15-21-16-23(36-8)17-25-27(21)33(22)29(35)31-30(25)24-11-9-10-12-26(24)32(7)28(30)34/h9-12,15-20H,1-8H3,(H,31,35). The van der Waals surface area contributed by atoms with Crippen LogP contribution in [0.3, 0.4) is 0 Å². The summed E-state index contributed by atoms with van der Waals surface area (Å²) in [5.41, 5.74) is 7.45. The maximum absolute atomic E-state index is 13.9. The number of likely N-dealkylation sites (N-methyl/N-ethyl adjacent to an activating group) is 1. The molecule has 1 unspecified atom stereocenters. The van der Waals surface area contributed by atoms with Gasteiger partial charge in [0, 0.05) is 29.2 Å². The van der Waals surface area contributed by atoms with Crippen LogP contribution in [0.2, 0.25) is 16.6 Å². The average molecular weight is 514 g/mol. The van der Waals surface area contributed by atoms with Crippen LogP contribution in [0, 0.1) is 11.5 Å². The molecule has 1 aromatic heterocycles. The molecule has 2 aliphatic heterocycles. The first-order valence-corrected chi connectivity index (χ1v) is 15.2. The van der Waals surface area contributed by atoms with Crippen LogP contribution >= 0.6 is 0 Å². The van der Waals surface area contributed by atoms with Crippen molar-refractivity contribution in [2.75, 3.05) is 19.1 Å². The molecule has 2 amide bonds. The highest BCUT2D eigenvalue weighted by atomic mass is 28.3. The summed E-state index contributed by atoms with van der Waals surface area (Å²) in [6.07, 6.45) is 0. The summed E-state index contributed by atoms with van der Waals surface area (Å²) in [5, 5.41) is 3.94. The van der Waals surface area contributed by atoms with Crippen LogP contribution in [0.15, 0.2) is 42.5 Å². The van der Waals surface area contributed by atoms with E-state index in [9.17, 15) is 9.59 Å². The number of para-hydroxylation sites is 1. The van der Waals surface area contributed by atoms with Crippen LogP contribution in [-0.2, 0) is 10.3 Å². The number of methoxy groups -OCH3 is 1. The van der Waals surface area contributed by atoms with Gasteiger partial charge in [0.15, 0.2) is 5.54 Å². The molecule has 1 N–H and O–H groups in total. The molecule has 0 saturated carbocycles. The van der Waals surface area contributed by atoms with Gasteiger partial charge in [-0.3, -0.25) is 9.36 Å². The number of rotatable bonds is 4. The predicted octanol–water partition coefficient (Wildman–Crippen LogP) is 6.01. The molecule has 1 spiro atoms. The molecule has 37 heavy (non-hydrogen) atoms. The molecular formula is C30H35N3O3Si. The molecular weight excluding hydrogens is 478 g/mol. The highest BCUT2D eigenvalue weighted by Crippen LogP contribution is 2.49. The third-order valence-electron chi connectivity index (χ3n) is 8.57. The normalized spacial score (nSPS) is 18.6. The summed E-state index contributed by atoms with van der Waals surface area (Å²) in [7, 11) is 1.34. The molecule has 6 nitrogen and oxygen atoms in total. The second kappa shape index (κ2) is 8.52. The Labute approximate surface area is 220 Å². The van der Waals surface area contributed by atoms with Crippen molar-refractivity contribution in [3.8, 4) is 17.2 Å². The Bertz CT molecular complexity index is 1490. The Morgan fingerprint density at radius 2 is 1.59 bits per heavy atom. The number of benzene rings is 2. The second-order valence-corrected chi connectivity index (χ2v) is 16.8. The van der Waals surface area contributed by atoms with E-state index in [0.29, 0.717) is 39.1 Å². The SMILES string of the molecule is COc1cc2c3c(c1)cc(C#C[Si](C(C)C)(C(C)C)C(C)C)n3C(=O)NC21C(=O)N(C)c2ccccc21. The van der Waals surface area contributed by atoms with E-state index in [0.717, 1.165) is 16.6 Å². The number of fused-ring (bicyclic) bond motifs is 3. The number of nitrogens with zero attached hydrogens (tertiary/aromatic N) is 2. The second-order valence-electron chi connectivity index (χ2n) is 11.2. The van der Waals surface area contributed by atoms with Crippen LogP contribution in [0.1, 0.15) is 58.4 Å². The summed E-state index contributed by atoms with van der Waals surface area (Å²) in [5.74, 6) is 3.90. The largest absolute Gasteiger partial charge is 0.497 e. The Hall–Kier alpha value is -3.50. The van der Waals surface area contributed by atoms with Gasteiger partial charge in [-0.2, -0.15) is 0 Å². The van der Waals surface area contributed by atoms with Gasteiger partial charge in [-0.05, 0) is 40.9 Å². The van der Waals surface area contributed by atoms with Gasteiger partial charge in [0.2, 0.25) is 0 Å². The van der Waals surface area contributed by atoms with Gasteiger partial charge in [0.1, 0.15) is 19.5 Å². The summed E-state index contributed by atoms with van der Waals surface area (Å²) in [4.78, 5) is 29.3. The first-order chi connectivity index (χ1) is 17.5. The van der Waals surface area contributed by atoms with E-state index in [4.69, 9.17) is 4.74 Å². The topological polar surface area (TPSA) is 63.6 Å². The van der Waals surface area contributed by atoms with E-state index in [-0.39, 0.29) is 11.9 Å². The third kappa shape index (κ3) is 3.25. The minimum atomic E-state index is -2.02. The summed E-state index contributed by atoms with van der Waals surface area (Å²) < 4.78 is 7.30. The van der Waals surface area contributed by atoms with Crippen LogP contribution in [0.25, 0.3) is 10.9 Å². The monoisotopic (exact) mass is 513 g/mol. The fraction of sp³-hybridized carbons (Fsp3) is 0.400. The predicted molar refractivity (Wildman–Crippen MR) is 151 cm³/mol. The third-order valence-corrected chi connectivity index (χ3v) is 14.9. The van der Waals surface area contributed by atoms with E-state index in [1.807, 2.05) is 42.5 Å². The van der Waals surface area contributed by atoms with Gasteiger partial charge >= 0.3 is 6.03 Å². The summed E-state index contributed by atoms with van der Waals surface area (Å²) in [6.45, 7) is 13.7. The van der Waals surface area contributed by atoms with Crippen LogP contribution in [0.4, 0.5) is 10.5 Å². The fourth-order valence-corrected chi connectivity index (χ4v) is 12.1. The number of carbonyl (C=O) groups excluding carboxylic acids is 2. The molecule has 0 bridgehead atoms. The Morgan fingerprint density at radius 1 is 0.946 bits per heavy atom. The molecule has 0 radical (unpaired) electrons. The van der Waals surface area contributed by atoms with Crippen molar-refractivity contribution in [2.24, 2.45) is 0 Å². The van der Waals surface area contributed by atoms with E-state index in [2.05, 4.69) is 58.3 Å². The zero-order valence-corrected chi connectivity index (χ0v) is 23.9. The van der Waals surface area contributed by atoms with E-state index in [1.54, 1.807) is 23.6 Å². The quantitative estimate of drug-likeness (QED) is 0.343. The first-order valence-electron chi connectivity index (χ1n) is 13.0. The lowest BCUT2D eigenvalue weighted by atomic mass is 9.81. The smallest absolute Gasteiger partial charge is 0.328 e. The van der Waals surface area contributed by atoms with Gasteiger partial charge < -0.3 is 15.0 Å². The zero-order chi connectivity index (χ0) is 26.9. The van der Waals surface area contributed by atoms with Crippen molar-refractivity contribution in [3.05, 3.63) is 59.3 Å². The molecule has 3 heterocycles. The molecule has 5 rings (SSSR count). The lowest BCUT2D eigenvalue weighted by Gasteiger charge is -2.38. The average Bonchev–Trinajstić information content (AvgIpc) is 3.32. The van der Waals surface area contributed by atoms with Crippen molar-refractivity contribution >= 4 is 36.6 Å².